The molecule has 9 aromatic carbocycles. The van der Waals surface area contributed by atoms with E-state index < -0.39 is 0 Å². The van der Waals surface area contributed by atoms with Crippen LogP contribution in [0.2, 0.25) is 0 Å². The van der Waals surface area contributed by atoms with Crippen molar-refractivity contribution < 1.29 is 0 Å². The molecule has 0 saturated heterocycles. The van der Waals surface area contributed by atoms with Gasteiger partial charge in [0.15, 0.2) is 0 Å². The first-order valence-corrected chi connectivity index (χ1v) is 21.0. The van der Waals surface area contributed by atoms with Gasteiger partial charge in [-0.05, 0) is 99.1 Å². The summed E-state index contributed by atoms with van der Waals surface area (Å²) in [4.78, 5) is 2.41. The van der Waals surface area contributed by atoms with E-state index in [9.17, 15) is 0 Å². The molecule has 0 radical (unpaired) electrons. The van der Waals surface area contributed by atoms with Crippen LogP contribution in [0.1, 0.15) is 0 Å². The van der Waals surface area contributed by atoms with Crippen LogP contribution in [0.4, 0.5) is 17.1 Å². The highest BCUT2D eigenvalue weighted by Crippen LogP contribution is 2.45. The second-order valence-corrected chi connectivity index (χ2v) is 16.7. The number of fused-ring (bicyclic) bond motifs is 6. The van der Waals surface area contributed by atoms with Gasteiger partial charge in [0.05, 0.1) is 0 Å². The molecule has 1 nitrogen and oxygen atoms in total. The minimum atomic E-state index is 1.11. The quantitative estimate of drug-likeness (QED) is 0.156. The Morgan fingerprint density at radius 2 is 0.772 bits per heavy atom. The summed E-state index contributed by atoms with van der Waals surface area (Å²) in [6.07, 6.45) is 0. The molecule has 0 spiro atoms. The first-order valence-electron chi connectivity index (χ1n) is 19.3. The Kier molecular flexibility index (Phi) is 8.28. The van der Waals surface area contributed by atoms with E-state index in [1.54, 1.807) is 0 Å². The predicted octanol–water partition coefficient (Wildman–Crippen LogP) is 16.6. The molecular weight excluding hydrogens is 727 g/mol. The first kappa shape index (κ1) is 33.5. The lowest BCUT2D eigenvalue weighted by atomic mass is 9.99. The van der Waals surface area contributed by atoms with E-state index in [-0.39, 0.29) is 0 Å². The molecule has 57 heavy (non-hydrogen) atoms. The Hall–Kier alpha value is -6.78. The van der Waals surface area contributed by atoms with Gasteiger partial charge in [0, 0.05) is 57.4 Å². The topological polar surface area (TPSA) is 3.24 Å². The Balaban J connectivity index is 1.02. The van der Waals surface area contributed by atoms with Crippen molar-refractivity contribution in [3.63, 3.8) is 0 Å². The van der Waals surface area contributed by atoms with Crippen LogP contribution in [0.5, 0.6) is 0 Å². The summed E-state index contributed by atoms with van der Waals surface area (Å²) < 4.78 is 5.28. The third kappa shape index (κ3) is 6.09. The van der Waals surface area contributed by atoms with Crippen molar-refractivity contribution in [2.24, 2.45) is 0 Å². The van der Waals surface area contributed by atoms with E-state index in [2.05, 4.69) is 217 Å². The van der Waals surface area contributed by atoms with E-state index >= 15 is 0 Å². The maximum Gasteiger partial charge on any atom is 0.0468 e. The highest BCUT2D eigenvalue weighted by atomic mass is 32.1. The van der Waals surface area contributed by atoms with Gasteiger partial charge in [-0.3, -0.25) is 0 Å². The minimum Gasteiger partial charge on any atom is -0.310 e. The molecule has 0 amide bonds. The standard InChI is InChI=1S/C54H35NS2/c1-3-12-36(13-4-1)38-24-26-39(27-25-38)41-17-10-19-44(33-41)55(43-18-9-16-40(32-43)37-14-5-2-6-15-37)45-29-31-52-50(35-45)48-30-28-42(34-53(48)56-52)46-21-11-22-49-47-20-7-8-23-51(47)57-54(46)49/h1-35H. The van der Waals surface area contributed by atoms with Crippen molar-refractivity contribution in [2.75, 3.05) is 4.90 Å². The van der Waals surface area contributed by atoms with Gasteiger partial charge in [-0.25, -0.2) is 0 Å². The van der Waals surface area contributed by atoms with Crippen molar-refractivity contribution in [3.8, 4) is 44.5 Å². The summed E-state index contributed by atoms with van der Waals surface area (Å²) in [5.74, 6) is 0. The van der Waals surface area contributed by atoms with Gasteiger partial charge in [0.25, 0.3) is 0 Å². The van der Waals surface area contributed by atoms with Gasteiger partial charge < -0.3 is 4.90 Å². The number of thiophene rings is 2. The summed E-state index contributed by atoms with van der Waals surface area (Å²) in [6, 6.07) is 77.5. The lowest BCUT2D eigenvalue weighted by Crippen LogP contribution is -2.10. The molecule has 2 heterocycles. The number of hydrogen-bond donors (Lipinski definition) is 0. The fourth-order valence-electron chi connectivity index (χ4n) is 8.26. The van der Waals surface area contributed by atoms with E-state index in [0.29, 0.717) is 0 Å². The molecule has 0 aliphatic rings. The van der Waals surface area contributed by atoms with Crippen LogP contribution in [0.15, 0.2) is 212 Å². The number of nitrogens with zero attached hydrogens (tertiary/aromatic N) is 1. The summed E-state index contributed by atoms with van der Waals surface area (Å²) in [5.41, 5.74) is 13.1. The highest BCUT2D eigenvalue weighted by Gasteiger charge is 2.18. The number of hydrogen-bond acceptors (Lipinski definition) is 3. The maximum absolute atomic E-state index is 2.41. The monoisotopic (exact) mass is 761 g/mol. The smallest absolute Gasteiger partial charge is 0.0468 e. The molecule has 0 atom stereocenters. The third-order valence-electron chi connectivity index (χ3n) is 11.1. The Bertz CT molecular complexity index is 3230. The van der Waals surface area contributed by atoms with Gasteiger partial charge >= 0.3 is 0 Å². The van der Waals surface area contributed by atoms with E-state index in [1.807, 2.05) is 22.7 Å². The number of anilines is 3. The average Bonchev–Trinajstić information content (AvgIpc) is 3.85. The minimum absolute atomic E-state index is 1.11. The largest absolute Gasteiger partial charge is 0.310 e. The van der Waals surface area contributed by atoms with Crippen LogP contribution in [-0.4, -0.2) is 0 Å². The number of rotatable bonds is 7. The van der Waals surface area contributed by atoms with E-state index in [4.69, 9.17) is 0 Å². The molecule has 268 valence electrons. The van der Waals surface area contributed by atoms with Gasteiger partial charge in [-0.2, -0.15) is 0 Å². The van der Waals surface area contributed by atoms with Crippen molar-refractivity contribution in [2.45, 2.75) is 0 Å². The lowest BCUT2D eigenvalue weighted by molar-refractivity contribution is 1.29. The van der Waals surface area contributed by atoms with Crippen molar-refractivity contribution in [1.82, 2.24) is 0 Å². The second kappa shape index (κ2) is 14.1. The first-order chi connectivity index (χ1) is 28.2. The van der Waals surface area contributed by atoms with Crippen LogP contribution < -0.4 is 4.90 Å². The molecule has 11 aromatic rings. The van der Waals surface area contributed by atoms with Crippen LogP contribution in [0.3, 0.4) is 0 Å². The molecular formula is C54H35NS2. The molecule has 2 aromatic heterocycles. The van der Waals surface area contributed by atoms with E-state index in [0.717, 1.165) is 17.1 Å². The predicted molar refractivity (Wildman–Crippen MR) is 249 cm³/mol. The van der Waals surface area contributed by atoms with Crippen LogP contribution in [0.25, 0.3) is 84.9 Å². The molecule has 0 fully saturated rings. The highest BCUT2D eigenvalue weighted by molar-refractivity contribution is 7.26. The second-order valence-electron chi connectivity index (χ2n) is 14.5. The zero-order valence-electron chi connectivity index (χ0n) is 31.0. The molecule has 0 N–H and O–H groups in total. The van der Waals surface area contributed by atoms with Crippen molar-refractivity contribution >= 4 is 80.1 Å². The zero-order chi connectivity index (χ0) is 37.7. The molecule has 3 heteroatoms. The molecule has 0 aliphatic heterocycles. The third-order valence-corrected chi connectivity index (χ3v) is 13.4. The number of benzene rings is 9. The van der Waals surface area contributed by atoms with Crippen LogP contribution in [0, 0.1) is 0 Å². The summed E-state index contributed by atoms with van der Waals surface area (Å²) in [5, 5.41) is 5.23. The summed E-state index contributed by atoms with van der Waals surface area (Å²) in [7, 11) is 0. The van der Waals surface area contributed by atoms with Crippen molar-refractivity contribution in [1.29, 1.82) is 0 Å². The molecule has 0 unspecified atom stereocenters. The van der Waals surface area contributed by atoms with Gasteiger partial charge in [0.1, 0.15) is 0 Å². The normalized spacial score (nSPS) is 11.5. The SMILES string of the molecule is c1ccc(-c2ccc(-c3cccc(N(c4cccc(-c5ccccc5)c4)c4ccc5sc6cc(-c7cccc8c7sc7ccccc78)ccc6c5c4)c3)cc2)cc1. The summed E-state index contributed by atoms with van der Waals surface area (Å²) >= 11 is 3.77. The lowest BCUT2D eigenvalue weighted by Gasteiger charge is -2.27. The molecule has 0 saturated carbocycles. The fourth-order valence-corrected chi connectivity index (χ4v) is 10.6. The zero-order valence-corrected chi connectivity index (χ0v) is 32.6. The fraction of sp³-hybridized carbons (Fsp3) is 0. The van der Waals surface area contributed by atoms with Crippen molar-refractivity contribution in [3.05, 3.63) is 212 Å². The van der Waals surface area contributed by atoms with Crippen LogP contribution >= 0.6 is 22.7 Å². The van der Waals surface area contributed by atoms with E-state index in [1.165, 1.54) is 84.9 Å². The maximum atomic E-state index is 2.41. The van der Waals surface area contributed by atoms with Crippen LogP contribution in [-0.2, 0) is 0 Å². The Morgan fingerprint density at radius 1 is 0.263 bits per heavy atom. The molecule has 11 rings (SSSR count). The molecule has 0 aliphatic carbocycles. The van der Waals surface area contributed by atoms with Gasteiger partial charge in [-0.1, -0.05) is 158 Å². The summed E-state index contributed by atoms with van der Waals surface area (Å²) in [6.45, 7) is 0. The Labute approximate surface area is 340 Å². The average molecular weight is 762 g/mol. The molecule has 0 bridgehead atoms. The van der Waals surface area contributed by atoms with Gasteiger partial charge in [0.2, 0.25) is 0 Å². The van der Waals surface area contributed by atoms with Gasteiger partial charge in [-0.15, -0.1) is 22.7 Å². The Morgan fingerprint density at radius 3 is 1.49 bits per heavy atom.